The molecule has 0 aliphatic carbocycles. The van der Waals surface area contributed by atoms with Crippen molar-refractivity contribution in [2.24, 2.45) is 5.11 Å². The minimum atomic E-state index is -0.643. The van der Waals surface area contributed by atoms with Gasteiger partial charge >= 0.3 is 6.09 Å². The molecule has 0 spiro atoms. The Kier molecular flexibility index (Phi) is 4.23. The molecule has 0 aromatic heterocycles. The first kappa shape index (κ1) is 15.7. The highest BCUT2D eigenvalue weighted by Gasteiger charge is 2.27. The number of nitrogens with zero attached hydrogens (tertiary/aromatic N) is 4. The summed E-state index contributed by atoms with van der Waals surface area (Å²) in [6.07, 6.45) is -0.565. The quantitative estimate of drug-likeness (QED) is 0.488. The van der Waals surface area contributed by atoms with Crippen molar-refractivity contribution in [1.82, 2.24) is 4.90 Å². The van der Waals surface area contributed by atoms with E-state index in [1.165, 1.54) is 4.90 Å². The van der Waals surface area contributed by atoms with Gasteiger partial charge in [-0.15, -0.1) is 0 Å². The van der Waals surface area contributed by atoms with E-state index in [4.69, 9.17) is 10.3 Å². The van der Waals surface area contributed by atoms with Gasteiger partial charge in [0.25, 0.3) is 0 Å². The second-order valence-electron chi connectivity index (χ2n) is 5.92. The van der Waals surface area contributed by atoms with Crippen LogP contribution in [0.5, 0.6) is 0 Å². The Morgan fingerprint density at radius 3 is 2.77 bits per heavy atom. The number of hydrogen-bond donors (Lipinski definition) is 1. The van der Waals surface area contributed by atoms with Crippen molar-refractivity contribution < 1.29 is 14.3 Å². The zero-order valence-electron chi connectivity index (χ0n) is 12.7. The molecule has 2 rings (SSSR count). The van der Waals surface area contributed by atoms with Crippen LogP contribution in [0.4, 0.5) is 16.2 Å². The fourth-order valence-corrected chi connectivity index (χ4v) is 2.03. The Morgan fingerprint density at radius 2 is 2.14 bits per heavy atom. The third-order valence-electron chi connectivity index (χ3n) is 2.87. The van der Waals surface area contributed by atoms with Gasteiger partial charge in [0.1, 0.15) is 12.1 Å². The fraction of sp³-hybridized carbons (Fsp3) is 0.429. The van der Waals surface area contributed by atoms with E-state index in [0.29, 0.717) is 16.9 Å². The van der Waals surface area contributed by atoms with Crippen molar-refractivity contribution in [3.05, 3.63) is 34.2 Å². The molecule has 116 valence electrons. The molecule has 22 heavy (non-hydrogen) atoms. The lowest BCUT2D eigenvalue weighted by Crippen LogP contribution is -2.39. The van der Waals surface area contributed by atoms with Crippen molar-refractivity contribution in [3.63, 3.8) is 0 Å². The predicted molar refractivity (Wildman–Crippen MR) is 80.5 cm³/mol. The Morgan fingerprint density at radius 1 is 1.41 bits per heavy atom. The summed E-state index contributed by atoms with van der Waals surface area (Å²) in [5.74, 6) is -0.304. The number of fused-ring (bicyclic) bond motifs is 1. The van der Waals surface area contributed by atoms with Crippen molar-refractivity contribution in [1.29, 1.82) is 0 Å². The second kappa shape index (κ2) is 5.95. The smallest absolute Gasteiger partial charge is 0.411 e. The number of nitrogens with one attached hydrogen (secondary N) is 1. The van der Waals surface area contributed by atoms with Gasteiger partial charge in [0, 0.05) is 16.3 Å². The number of rotatable bonds is 1. The van der Waals surface area contributed by atoms with Gasteiger partial charge in [0.15, 0.2) is 0 Å². The van der Waals surface area contributed by atoms with Crippen LogP contribution >= 0.6 is 0 Å². The number of carbonyl (C=O) groups excluding carboxylic acids is 2. The molecule has 0 radical (unpaired) electrons. The topological polar surface area (TPSA) is 107 Å². The van der Waals surface area contributed by atoms with E-state index in [-0.39, 0.29) is 19.0 Å². The van der Waals surface area contributed by atoms with Gasteiger partial charge in [-0.25, -0.2) is 4.79 Å². The molecule has 8 nitrogen and oxygen atoms in total. The van der Waals surface area contributed by atoms with E-state index in [2.05, 4.69) is 15.3 Å². The standard InChI is InChI=1S/C14H17N5O3/c1-14(2,3)22-13(21)19-7-9-6-10(17-18-15)4-5-11(9)16-12(20)8-19/h4-6H,7-8H2,1-3H3,(H,16,20). The molecule has 0 saturated heterocycles. The Labute approximate surface area is 127 Å². The molecule has 1 aliphatic rings. The average Bonchev–Trinajstić information content (AvgIpc) is 2.55. The number of benzene rings is 1. The highest BCUT2D eigenvalue weighted by atomic mass is 16.6. The molecule has 1 N–H and O–H groups in total. The van der Waals surface area contributed by atoms with E-state index < -0.39 is 11.7 Å². The van der Waals surface area contributed by atoms with Gasteiger partial charge < -0.3 is 10.1 Å². The zero-order chi connectivity index (χ0) is 16.3. The first-order valence-electron chi connectivity index (χ1n) is 6.74. The van der Waals surface area contributed by atoms with Crippen LogP contribution in [0.25, 0.3) is 10.4 Å². The summed E-state index contributed by atoms with van der Waals surface area (Å²) >= 11 is 0. The minimum absolute atomic E-state index is 0.0968. The largest absolute Gasteiger partial charge is 0.444 e. The molecule has 8 heteroatoms. The Balaban J connectivity index is 2.29. The van der Waals surface area contributed by atoms with Gasteiger partial charge in [-0.1, -0.05) is 11.2 Å². The Bertz CT molecular complexity index is 659. The zero-order valence-corrected chi connectivity index (χ0v) is 12.7. The number of hydrogen-bond acceptors (Lipinski definition) is 4. The summed E-state index contributed by atoms with van der Waals surface area (Å²) in [5, 5.41) is 6.24. The summed E-state index contributed by atoms with van der Waals surface area (Å²) in [7, 11) is 0. The maximum atomic E-state index is 12.2. The molecule has 2 amide bonds. The van der Waals surface area contributed by atoms with Gasteiger partial charge in [0.05, 0.1) is 6.54 Å². The number of amides is 2. The molecule has 1 heterocycles. The fourth-order valence-electron chi connectivity index (χ4n) is 2.03. The van der Waals surface area contributed by atoms with Crippen LogP contribution in [0.15, 0.2) is 23.3 Å². The predicted octanol–water partition coefficient (Wildman–Crippen LogP) is 3.32. The maximum absolute atomic E-state index is 12.2. The SMILES string of the molecule is CC(C)(C)OC(=O)N1CC(=O)Nc2ccc(N=[N+]=[N-])cc2C1. The highest BCUT2D eigenvalue weighted by Crippen LogP contribution is 2.26. The van der Waals surface area contributed by atoms with Crippen molar-refractivity contribution in [2.45, 2.75) is 32.9 Å². The first-order chi connectivity index (χ1) is 10.3. The van der Waals surface area contributed by atoms with Gasteiger partial charge in [-0.3, -0.25) is 9.69 Å². The monoisotopic (exact) mass is 303 g/mol. The van der Waals surface area contributed by atoms with Crippen LogP contribution < -0.4 is 5.32 Å². The molecule has 1 aromatic rings. The van der Waals surface area contributed by atoms with Gasteiger partial charge in [0.2, 0.25) is 5.91 Å². The molecule has 1 aromatic carbocycles. The molecule has 0 atom stereocenters. The number of carbonyl (C=O) groups is 2. The molecule has 1 aliphatic heterocycles. The van der Waals surface area contributed by atoms with Crippen LogP contribution in [0.2, 0.25) is 0 Å². The van der Waals surface area contributed by atoms with Crippen LogP contribution in [0.3, 0.4) is 0 Å². The van der Waals surface area contributed by atoms with Gasteiger partial charge in [-0.05, 0) is 44.0 Å². The van der Waals surface area contributed by atoms with Crippen LogP contribution in [-0.2, 0) is 16.1 Å². The lowest BCUT2D eigenvalue weighted by molar-refractivity contribution is -0.117. The van der Waals surface area contributed by atoms with E-state index in [1.54, 1.807) is 39.0 Å². The molecular weight excluding hydrogens is 286 g/mol. The normalized spacial score (nSPS) is 14.3. The minimum Gasteiger partial charge on any atom is -0.444 e. The van der Waals surface area contributed by atoms with Crippen LogP contribution in [0.1, 0.15) is 26.3 Å². The first-order valence-corrected chi connectivity index (χ1v) is 6.74. The number of anilines is 1. The number of azide groups is 1. The summed E-state index contributed by atoms with van der Waals surface area (Å²) in [6, 6.07) is 4.88. The summed E-state index contributed by atoms with van der Waals surface area (Å²) in [4.78, 5) is 28.1. The highest BCUT2D eigenvalue weighted by molar-refractivity contribution is 5.95. The van der Waals surface area contributed by atoms with Crippen molar-refractivity contribution >= 4 is 23.4 Å². The second-order valence-corrected chi connectivity index (χ2v) is 5.92. The van der Waals surface area contributed by atoms with E-state index in [1.807, 2.05) is 0 Å². The third-order valence-corrected chi connectivity index (χ3v) is 2.87. The summed E-state index contributed by atoms with van der Waals surface area (Å²) in [5.41, 5.74) is 9.54. The van der Waals surface area contributed by atoms with Crippen LogP contribution in [-0.4, -0.2) is 29.0 Å². The third kappa shape index (κ3) is 3.89. The Hall–Kier alpha value is -2.73. The summed E-state index contributed by atoms with van der Waals surface area (Å²) in [6.45, 7) is 5.38. The molecule has 0 bridgehead atoms. The molecule has 0 unspecified atom stereocenters. The summed E-state index contributed by atoms with van der Waals surface area (Å²) < 4.78 is 5.30. The lowest BCUT2D eigenvalue weighted by Gasteiger charge is -2.25. The average molecular weight is 303 g/mol. The molecule has 0 fully saturated rings. The van der Waals surface area contributed by atoms with Crippen molar-refractivity contribution in [2.75, 3.05) is 11.9 Å². The van der Waals surface area contributed by atoms with E-state index in [0.717, 1.165) is 0 Å². The number of ether oxygens (including phenoxy) is 1. The van der Waals surface area contributed by atoms with Crippen LogP contribution in [0, 0.1) is 0 Å². The van der Waals surface area contributed by atoms with Gasteiger partial charge in [-0.2, -0.15) is 0 Å². The maximum Gasteiger partial charge on any atom is 0.411 e. The molecule has 0 saturated carbocycles. The van der Waals surface area contributed by atoms with E-state index in [9.17, 15) is 9.59 Å². The van der Waals surface area contributed by atoms with Crippen molar-refractivity contribution in [3.8, 4) is 0 Å². The van der Waals surface area contributed by atoms with E-state index >= 15 is 0 Å². The molecular formula is C14H17N5O3. The lowest BCUT2D eigenvalue weighted by atomic mass is 10.1.